The van der Waals surface area contributed by atoms with Crippen molar-refractivity contribution in [2.75, 3.05) is 23.3 Å². The van der Waals surface area contributed by atoms with Gasteiger partial charge in [0.25, 0.3) is 5.91 Å². The number of rotatable bonds is 3. The molecule has 0 radical (unpaired) electrons. The van der Waals surface area contributed by atoms with Crippen molar-refractivity contribution in [1.82, 2.24) is 0 Å². The largest absolute Gasteiger partial charge is 0.370 e. The van der Waals surface area contributed by atoms with Crippen molar-refractivity contribution < 1.29 is 4.79 Å². The number of aryl methyl sites for hydroxylation is 2. The summed E-state index contributed by atoms with van der Waals surface area (Å²) >= 11 is 0. The highest BCUT2D eigenvalue weighted by Crippen LogP contribution is 2.28. The van der Waals surface area contributed by atoms with Gasteiger partial charge in [-0.05, 0) is 56.9 Å². The lowest BCUT2D eigenvalue weighted by Crippen LogP contribution is -2.30. The molecule has 2 aromatic carbocycles. The maximum absolute atomic E-state index is 12.7. The Hall–Kier alpha value is -2.29. The lowest BCUT2D eigenvalue weighted by molar-refractivity contribution is 0.102. The first kappa shape index (κ1) is 15.6. The summed E-state index contributed by atoms with van der Waals surface area (Å²) in [6.07, 6.45) is 3.74. The number of carbonyl (C=O) groups is 1. The highest BCUT2D eigenvalue weighted by Gasteiger charge is 2.16. The summed E-state index contributed by atoms with van der Waals surface area (Å²) in [5, 5.41) is 3.11. The van der Waals surface area contributed by atoms with E-state index >= 15 is 0 Å². The van der Waals surface area contributed by atoms with Crippen LogP contribution in [0.1, 0.15) is 40.7 Å². The van der Waals surface area contributed by atoms with E-state index in [9.17, 15) is 4.79 Å². The molecule has 0 aromatic heterocycles. The Morgan fingerprint density at radius 1 is 1.00 bits per heavy atom. The third-order valence-corrected chi connectivity index (χ3v) is 4.49. The fourth-order valence-electron chi connectivity index (χ4n) is 3.16. The fourth-order valence-corrected chi connectivity index (χ4v) is 3.16. The van der Waals surface area contributed by atoms with Gasteiger partial charge in [0.2, 0.25) is 0 Å². The highest BCUT2D eigenvalue weighted by molar-refractivity contribution is 6.07. The molecule has 0 spiro atoms. The molecule has 1 aliphatic rings. The number of amides is 1. The van der Waals surface area contributed by atoms with E-state index in [0.29, 0.717) is 0 Å². The molecule has 1 saturated heterocycles. The van der Waals surface area contributed by atoms with Gasteiger partial charge in [-0.1, -0.05) is 29.8 Å². The number of anilines is 2. The van der Waals surface area contributed by atoms with Crippen molar-refractivity contribution in [3.05, 3.63) is 59.2 Å². The number of hydrogen-bond donors (Lipinski definition) is 1. The smallest absolute Gasteiger partial charge is 0.255 e. The molecule has 1 heterocycles. The van der Waals surface area contributed by atoms with Gasteiger partial charge in [0.05, 0.1) is 11.4 Å². The molecule has 2 aromatic rings. The monoisotopic (exact) mass is 308 g/mol. The summed E-state index contributed by atoms with van der Waals surface area (Å²) in [5.74, 6) is -0.0318. The number of hydrogen-bond acceptors (Lipinski definition) is 2. The zero-order valence-electron chi connectivity index (χ0n) is 13.9. The molecule has 3 rings (SSSR count). The van der Waals surface area contributed by atoms with E-state index in [4.69, 9.17) is 0 Å². The standard InChI is InChI=1S/C20H24N2O/c1-15-10-11-16(2)17(14-15)20(23)21-18-8-4-5-9-19(18)22-12-6-3-7-13-22/h4-5,8-11,14H,3,6-7,12-13H2,1-2H3,(H,21,23). The van der Waals surface area contributed by atoms with Crippen LogP contribution in [0.4, 0.5) is 11.4 Å². The van der Waals surface area contributed by atoms with Crippen LogP contribution in [0.25, 0.3) is 0 Å². The van der Waals surface area contributed by atoms with E-state index in [1.165, 1.54) is 19.3 Å². The number of nitrogens with zero attached hydrogens (tertiary/aromatic N) is 1. The molecule has 1 aliphatic heterocycles. The minimum Gasteiger partial charge on any atom is -0.370 e. The van der Waals surface area contributed by atoms with Gasteiger partial charge in [-0.15, -0.1) is 0 Å². The zero-order valence-corrected chi connectivity index (χ0v) is 13.9. The molecule has 1 amide bonds. The molecular formula is C20H24N2O. The van der Waals surface area contributed by atoms with Crippen LogP contribution in [0, 0.1) is 13.8 Å². The van der Waals surface area contributed by atoms with Crippen molar-refractivity contribution in [3.8, 4) is 0 Å². The van der Waals surface area contributed by atoms with Crippen molar-refractivity contribution in [2.45, 2.75) is 33.1 Å². The second kappa shape index (κ2) is 6.86. The molecule has 0 unspecified atom stereocenters. The number of para-hydroxylation sites is 2. The quantitative estimate of drug-likeness (QED) is 0.902. The molecule has 23 heavy (non-hydrogen) atoms. The van der Waals surface area contributed by atoms with Gasteiger partial charge < -0.3 is 10.2 Å². The van der Waals surface area contributed by atoms with Crippen LogP contribution in [-0.4, -0.2) is 19.0 Å². The Kier molecular flexibility index (Phi) is 4.65. The molecule has 120 valence electrons. The summed E-state index contributed by atoms with van der Waals surface area (Å²) in [7, 11) is 0. The van der Waals surface area contributed by atoms with Crippen LogP contribution in [0.2, 0.25) is 0 Å². The normalized spacial score (nSPS) is 14.6. The van der Waals surface area contributed by atoms with Gasteiger partial charge >= 0.3 is 0 Å². The number of piperidine rings is 1. The minimum absolute atomic E-state index is 0.0318. The average Bonchev–Trinajstić information content (AvgIpc) is 2.58. The third kappa shape index (κ3) is 3.55. The van der Waals surface area contributed by atoms with E-state index in [0.717, 1.165) is 41.2 Å². The van der Waals surface area contributed by atoms with E-state index in [-0.39, 0.29) is 5.91 Å². The molecule has 3 heteroatoms. The van der Waals surface area contributed by atoms with Crippen molar-refractivity contribution in [2.24, 2.45) is 0 Å². The summed E-state index contributed by atoms with van der Waals surface area (Å²) in [6.45, 7) is 6.12. The SMILES string of the molecule is Cc1ccc(C)c(C(=O)Nc2ccccc2N2CCCCC2)c1. The van der Waals surface area contributed by atoms with E-state index in [1.807, 2.05) is 50.2 Å². The lowest BCUT2D eigenvalue weighted by atomic mass is 10.0. The highest BCUT2D eigenvalue weighted by atomic mass is 16.1. The maximum Gasteiger partial charge on any atom is 0.255 e. The van der Waals surface area contributed by atoms with E-state index in [1.54, 1.807) is 0 Å². The lowest BCUT2D eigenvalue weighted by Gasteiger charge is -2.30. The Morgan fingerprint density at radius 2 is 1.74 bits per heavy atom. The molecule has 0 aliphatic carbocycles. The molecule has 1 fully saturated rings. The summed E-state index contributed by atoms with van der Waals surface area (Å²) in [6, 6.07) is 14.1. The average molecular weight is 308 g/mol. The minimum atomic E-state index is -0.0318. The van der Waals surface area contributed by atoms with Crippen LogP contribution in [0.3, 0.4) is 0 Å². The maximum atomic E-state index is 12.7. The fraction of sp³-hybridized carbons (Fsp3) is 0.350. The molecule has 0 bridgehead atoms. The van der Waals surface area contributed by atoms with E-state index < -0.39 is 0 Å². The predicted octanol–water partition coefficient (Wildman–Crippen LogP) is 4.55. The van der Waals surface area contributed by atoms with Gasteiger partial charge in [0, 0.05) is 18.7 Å². The molecule has 0 atom stereocenters. The van der Waals surface area contributed by atoms with Gasteiger partial charge in [-0.3, -0.25) is 4.79 Å². The third-order valence-electron chi connectivity index (χ3n) is 4.49. The van der Waals surface area contributed by atoms with Crippen molar-refractivity contribution in [1.29, 1.82) is 0 Å². The van der Waals surface area contributed by atoms with Crippen LogP contribution >= 0.6 is 0 Å². The Balaban J connectivity index is 1.85. The van der Waals surface area contributed by atoms with Gasteiger partial charge in [0.1, 0.15) is 0 Å². The second-order valence-corrected chi connectivity index (χ2v) is 6.34. The Bertz CT molecular complexity index is 703. The first-order valence-corrected chi connectivity index (χ1v) is 8.38. The summed E-state index contributed by atoms with van der Waals surface area (Å²) in [5.41, 5.74) is 4.89. The van der Waals surface area contributed by atoms with Gasteiger partial charge in [0.15, 0.2) is 0 Å². The van der Waals surface area contributed by atoms with Crippen LogP contribution < -0.4 is 10.2 Å². The second-order valence-electron chi connectivity index (χ2n) is 6.34. The number of benzene rings is 2. The number of carbonyl (C=O) groups excluding carboxylic acids is 1. The first-order valence-electron chi connectivity index (χ1n) is 8.38. The van der Waals surface area contributed by atoms with Crippen molar-refractivity contribution in [3.63, 3.8) is 0 Å². The van der Waals surface area contributed by atoms with Gasteiger partial charge in [-0.2, -0.15) is 0 Å². The first-order chi connectivity index (χ1) is 11.1. The van der Waals surface area contributed by atoms with Crippen molar-refractivity contribution >= 4 is 17.3 Å². The molecule has 1 N–H and O–H groups in total. The Labute approximate surface area is 138 Å². The predicted molar refractivity (Wildman–Crippen MR) is 96.4 cm³/mol. The molecule has 0 saturated carbocycles. The molecule has 3 nitrogen and oxygen atoms in total. The summed E-state index contributed by atoms with van der Waals surface area (Å²) < 4.78 is 0. The van der Waals surface area contributed by atoms with E-state index in [2.05, 4.69) is 16.3 Å². The Morgan fingerprint density at radius 3 is 2.52 bits per heavy atom. The van der Waals surface area contributed by atoms with Crippen LogP contribution in [0.5, 0.6) is 0 Å². The van der Waals surface area contributed by atoms with Gasteiger partial charge in [-0.25, -0.2) is 0 Å². The molecular weight excluding hydrogens is 284 g/mol. The van der Waals surface area contributed by atoms with Crippen LogP contribution in [0.15, 0.2) is 42.5 Å². The topological polar surface area (TPSA) is 32.3 Å². The van der Waals surface area contributed by atoms with Crippen LogP contribution in [-0.2, 0) is 0 Å². The zero-order chi connectivity index (χ0) is 16.2. The number of nitrogens with one attached hydrogen (secondary N) is 1. The summed E-state index contributed by atoms with van der Waals surface area (Å²) in [4.78, 5) is 15.1.